The number of rotatable bonds is 15. The van der Waals surface area contributed by atoms with Crippen LogP contribution in [0.5, 0.6) is 0 Å². The van der Waals surface area contributed by atoms with E-state index in [2.05, 4.69) is 88.4 Å². The lowest BCUT2D eigenvalue weighted by Gasteiger charge is -2.77. The van der Waals surface area contributed by atoms with Crippen LogP contribution in [0, 0.1) is 95.6 Å². The van der Waals surface area contributed by atoms with Crippen LogP contribution in [0.4, 0.5) is 0 Å². The van der Waals surface area contributed by atoms with Crippen molar-refractivity contribution in [2.45, 2.75) is 256 Å². The summed E-state index contributed by atoms with van der Waals surface area (Å²) in [6.07, 6.45) is 33.1. The molecule has 0 saturated heterocycles. The molecular weight excluding hydrogens is 835 g/mol. The van der Waals surface area contributed by atoms with E-state index in [0.717, 1.165) is 36.5 Å². The lowest BCUT2D eigenvalue weighted by atomic mass is 9.27. The maximum atomic E-state index is 12.8. The average molecular weight is 939 g/mol. The minimum atomic E-state index is -4.09. The van der Waals surface area contributed by atoms with Crippen molar-refractivity contribution in [2.24, 2.45) is 95.6 Å². The van der Waals surface area contributed by atoms with Crippen molar-refractivity contribution in [3.63, 3.8) is 0 Å². The van der Waals surface area contributed by atoms with Gasteiger partial charge in [-0.25, -0.2) is 0 Å². The van der Waals surface area contributed by atoms with Gasteiger partial charge in [0.05, 0.1) is 11.9 Å². The van der Waals surface area contributed by atoms with Crippen LogP contribution in [0.15, 0.2) is 0 Å². The fourth-order valence-corrected chi connectivity index (χ4v) is 22.8. The van der Waals surface area contributed by atoms with Crippen LogP contribution >= 0.6 is 0 Å². The molecule has 8 aliphatic carbocycles. The molecule has 8 rings (SSSR count). The van der Waals surface area contributed by atoms with E-state index in [9.17, 15) is 18.3 Å². The fraction of sp³-hybridized carbons (Fsp3) is 0.983. The molecule has 3 N–H and O–H groups in total. The molecule has 1 amide bonds. The van der Waals surface area contributed by atoms with Crippen LogP contribution < -0.4 is 5.32 Å². The van der Waals surface area contributed by atoms with Crippen LogP contribution in [0.3, 0.4) is 0 Å². The molecule has 0 aromatic rings. The number of carbonyl (C=O) groups excluding carboxylic acids is 1. The number of fused-ring (bicyclic) bond motifs is 10. The Morgan fingerprint density at radius 1 is 0.576 bits per heavy atom. The van der Waals surface area contributed by atoms with Crippen molar-refractivity contribution < 1.29 is 22.9 Å². The SMILES string of the molecule is C[C@H](CCC(=O)NCCS(=O)(=O)O)[C@H]1CC[C@@]2(C)C3(C)[C@@H](CCCCCC[C@@H](C)[C@H]4CC[C@@]5(C)C6(C)[C@@H](O)CC7CCCC[C@]7(C)[C@@]6(C)CC[C@]45C)CC4CCCC[C@]4(C)[C@@]3(C)CC[C@]12C. The summed E-state index contributed by atoms with van der Waals surface area (Å²) in [5.74, 6) is 4.24. The highest BCUT2D eigenvalue weighted by Gasteiger charge is 2.78. The third-order valence-corrected chi connectivity index (χ3v) is 28.4. The van der Waals surface area contributed by atoms with E-state index in [1.807, 2.05) is 0 Å². The van der Waals surface area contributed by atoms with Crippen LogP contribution in [0.25, 0.3) is 0 Å². The van der Waals surface area contributed by atoms with Gasteiger partial charge in [-0.3, -0.25) is 9.35 Å². The Balaban J connectivity index is 0.913. The first-order chi connectivity index (χ1) is 30.7. The normalized spacial score (nSPS) is 50.8. The Hall–Kier alpha value is -0.660. The highest BCUT2D eigenvalue weighted by molar-refractivity contribution is 7.85. The molecule has 0 bridgehead atoms. The van der Waals surface area contributed by atoms with E-state index < -0.39 is 15.9 Å². The van der Waals surface area contributed by atoms with Crippen LogP contribution in [0.2, 0.25) is 0 Å². The lowest BCUT2D eigenvalue weighted by Crippen LogP contribution is -2.72. The van der Waals surface area contributed by atoms with Crippen molar-refractivity contribution in [2.75, 3.05) is 12.3 Å². The maximum absolute atomic E-state index is 12.8. The van der Waals surface area contributed by atoms with Crippen molar-refractivity contribution in [3.05, 3.63) is 0 Å². The molecule has 18 atom stereocenters. The number of carbonyl (C=O) groups is 1. The smallest absolute Gasteiger partial charge is 0.266 e. The quantitative estimate of drug-likeness (QED) is 0.112. The molecule has 0 aliphatic heterocycles. The minimum Gasteiger partial charge on any atom is -0.393 e. The molecule has 7 heteroatoms. The molecule has 0 aromatic heterocycles. The summed E-state index contributed by atoms with van der Waals surface area (Å²) in [7, 11) is -4.09. The zero-order valence-corrected chi connectivity index (χ0v) is 45.8. The lowest BCUT2D eigenvalue weighted by molar-refractivity contribution is -0.302. The zero-order chi connectivity index (χ0) is 48.2. The first kappa shape index (κ1) is 51.7. The van der Waals surface area contributed by atoms with Gasteiger partial charge in [0.2, 0.25) is 5.91 Å². The summed E-state index contributed by atoms with van der Waals surface area (Å²) in [6.45, 7) is 32.1. The predicted octanol–water partition coefficient (Wildman–Crippen LogP) is 15.0. The maximum Gasteiger partial charge on any atom is 0.266 e. The first-order valence-electron chi connectivity index (χ1n) is 28.6. The number of amides is 1. The molecule has 0 aromatic carbocycles. The van der Waals surface area contributed by atoms with Crippen molar-refractivity contribution in [3.8, 4) is 0 Å². The predicted molar refractivity (Wildman–Crippen MR) is 272 cm³/mol. The van der Waals surface area contributed by atoms with Gasteiger partial charge in [-0.1, -0.05) is 141 Å². The molecule has 8 aliphatic rings. The van der Waals surface area contributed by atoms with Crippen LogP contribution in [0.1, 0.15) is 250 Å². The van der Waals surface area contributed by atoms with Gasteiger partial charge in [0.25, 0.3) is 10.1 Å². The largest absolute Gasteiger partial charge is 0.393 e. The van der Waals surface area contributed by atoms with Gasteiger partial charge in [-0.15, -0.1) is 0 Å². The highest BCUT2D eigenvalue weighted by atomic mass is 32.2. The average Bonchev–Trinajstić information content (AvgIpc) is 3.70. The number of hydrogen-bond acceptors (Lipinski definition) is 4. The van der Waals surface area contributed by atoms with Gasteiger partial charge in [0.1, 0.15) is 0 Å². The number of unbranched alkanes of at least 4 members (excludes halogenated alkanes) is 3. The molecule has 380 valence electrons. The molecule has 4 unspecified atom stereocenters. The van der Waals surface area contributed by atoms with E-state index >= 15 is 0 Å². The molecule has 8 fully saturated rings. The number of nitrogens with one attached hydrogen (secondary N) is 1. The monoisotopic (exact) mass is 938 g/mol. The number of aliphatic hydroxyl groups excluding tert-OH is 1. The minimum absolute atomic E-state index is 0.0343. The Kier molecular flexibility index (Phi) is 13.7. The summed E-state index contributed by atoms with van der Waals surface area (Å²) in [4.78, 5) is 12.8. The van der Waals surface area contributed by atoms with E-state index in [1.165, 1.54) is 148 Å². The third-order valence-electron chi connectivity index (χ3n) is 27.7. The zero-order valence-electron chi connectivity index (χ0n) is 44.9. The van der Waals surface area contributed by atoms with Crippen molar-refractivity contribution in [1.29, 1.82) is 0 Å². The first-order valence-corrected chi connectivity index (χ1v) is 30.2. The standard InChI is InChI=1S/C59H103NO5S/c1-41(46-28-32-55(8)53(46,6)34-36-57(10)51(4)30-20-18-23-44(51)40-48(61)59(55,57)12)21-15-13-14-16-24-45-39-43-22-17-19-29-50(43,3)56(9)35-33-52(5)47(27-31-54(52,7)58(45,56)11)42(2)25-26-49(62)60-37-38-66(63,64)65/h41-48,61H,13-40H2,1-12H3,(H,60,62)(H,63,64,65)/t41-,42-,43?,44?,45+,46-,47-,48+,50+,51+,52-,53-,54-,55-,56-,57-,58?,59?/m1/s1. The summed E-state index contributed by atoms with van der Waals surface area (Å²) in [6, 6.07) is 0. The van der Waals surface area contributed by atoms with Gasteiger partial charge >= 0.3 is 0 Å². The third kappa shape index (κ3) is 7.09. The van der Waals surface area contributed by atoms with Gasteiger partial charge in [-0.05, 0) is 193 Å². The Labute approximate surface area is 406 Å². The van der Waals surface area contributed by atoms with Gasteiger partial charge in [-0.2, -0.15) is 8.42 Å². The number of aliphatic hydroxyl groups is 1. The molecular formula is C59H103NO5S. The fourth-order valence-electron chi connectivity index (χ4n) is 22.4. The second kappa shape index (κ2) is 17.5. The topological polar surface area (TPSA) is 104 Å². The summed E-state index contributed by atoms with van der Waals surface area (Å²) < 4.78 is 31.6. The van der Waals surface area contributed by atoms with Crippen LogP contribution in [-0.4, -0.2) is 42.4 Å². The molecule has 8 saturated carbocycles. The van der Waals surface area contributed by atoms with Crippen molar-refractivity contribution in [1.82, 2.24) is 5.32 Å². The Bertz CT molecular complexity index is 1900. The molecule has 0 spiro atoms. The highest BCUT2D eigenvalue weighted by Crippen LogP contribution is 2.85. The van der Waals surface area contributed by atoms with Gasteiger partial charge in [0, 0.05) is 18.4 Å². The van der Waals surface area contributed by atoms with E-state index in [-0.39, 0.29) is 51.0 Å². The Morgan fingerprint density at radius 2 is 1.06 bits per heavy atom. The molecule has 6 nitrogen and oxygen atoms in total. The summed E-state index contributed by atoms with van der Waals surface area (Å²) >= 11 is 0. The van der Waals surface area contributed by atoms with Gasteiger partial charge in [0.15, 0.2) is 0 Å². The van der Waals surface area contributed by atoms with Crippen molar-refractivity contribution >= 4 is 16.0 Å². The van der Waals surface area contributed by atoms with E-state index in [4.69, 9.17) is 4.55 Å². The second-order valence-electron chi connectivity index (χ2n) is 28.4. The molecule has 0 radical (unpaired) electrons. The Morgan fingerprint density at radius 3 is 1.62 bits per heavy atom. The molecule has 0 heterocycles. The van der Waals surface area contributed by atoms with E-state index in [1.54, 1.807) is 0 Å². The summed E-state index contributed by atoms with van der Waals surface area (Å²) in [5.41, 5.74) is 2.39. The second-order valence-corrected chi connectivity index (χ2v) is 30.0. The van der Waals surface area contributed by atoms with Gasteiger partial charge < -0.3 is 10.4 Å². The summed E-state index contributed by atoms with van der Waals surface area (Å²) in [5, 5.41) is 15.1. The van der Waals surface area contributed by atoms with E-state index in [0.29, 0.717) is 45.8 Å². The van der Waals surface area contributed by atoms with Crippen LogP contribution in [-0.2, 0) is 14.9 Å². The molecule has 66 heavy (non-hydrogen) atoms. The number of hydrogen-bond donors (Lipinski definition) is 3.